The van der Waals surface area contributed by atoms with E-state index in [2.05, 4.69) is 39.0 Å². The van der Waals surface area contributed by atoms with E-state index in [0.717, 1.165) is 43.4 Å². The van der Waals surface area contributed by atoms with Crippen LogP contribution in [0, 0.1) is 5.92 Å². The lowest BCUT2D eigenvalue weighted by atomic mass is 10.1. The molecule has 0 bridgehead atoms. The quantitative estimate of drug-likeness (QED) is 0.664. The number of amides is 1. The highest BCUT2D eigenvalue weighted by molar-refractivity contribution is 6.03. The van der Waals surface area contributed by atoms with Crippen molar-refractivity contribution < 1.29 is 9.53 Å². The molecule has 7 nitrogen and oxygen atoms in total. The topological polar surface area (TPSA) is 79.4 Å². The first-order chi connectivity index (χ1) is 14.6. The maximum absolute atomic E-state index is 12.7. The van der Waals surface area contributed by atoms with Crippen LogP contribution in [0.2, 0.25) is 0 Å². The zero-order valence-corrected chi connectivity index (χ0v) is 17.4. The van der Waals surface area contributed by atoms with Gasteiger partial charge in [0.2, 0.25) is 0 Å². The highest BCUT2D eigenvalue weighted by Gasteiger charge is 2.25. The van der Waals surface area contributed by atoms with Gasteiger partial charge in [-0.05, 0) is 55.9 Å². The summed E-state index contributed by atoms with van der Waals surface area (Å²) in [6, 6.07) is 9.89. The molecule has 1 aromatic heterocycles. The van der Waals surface area contributed by atoms with E-state index in [1.54, 1.807) is 6.07 Å². The monoisotopic (exact) mass is 407 g/mol. The van der Waals surface area contributed by atoms with Crippen LogP contribution in [-0.4, -0.2) is 41.6 Å². The Morgan fingerprint density at radius 1 is 1.30 bits per heavy atom. The molecule has 1 saturated carbocycles. The van der Waals surface area contributed by atoms with E-state index < -0.39 is 0 Å². The molecule has 0 radical (unpaired) electrons. The van der Waals surface area contributed by atoms with Gasteiger partial charge in [-0.3, -0.25) is 4.79 Å². The SMILES string of the molecule is C=C1NC(Cc2ccc(NC(=O)c3cc(N(CCC)CC4CC4)ncn3)cc2)CO1. The molecule has 1 aliphatic carbocycles. The Bertz CT molecular complexity index is 895. The van der Waals surface area contributed by atoms with Crippen LogP contribution < -0.4 is 15.5 Å². The molecule has 1 aromatic carbocycles. The molecular weight excluding hydrogens is 378 g/mol. The van der Waals surface area contributed by atoms with Gasteiger partial charge < -0.3 is 20.3 Å². The summed E-state index contributed by atoms with van der Waals surface area (Å²) in [6.07, 6.45) is 5.94. The van der Waals surface area contributed by atoms with Crippen molar-refractivity contribution in [1.29, 1.82) is 0 Å². The van der Waals surface area contributed by atoms with Crippen molar-refractivity contribution in [1.82, 2.24) is 15.3 Å². The van der Waals surface area contributed by atoms with Gasteiger partial charge in [-0.2, -0.15) is 0 Å². The average Bonchev–Trinajstić information content (AvgIpc) is 3.48. The molecule has 1 unspecified atom stereocenters. The van der Waals surface area contributed by atoms with Crippen LogP contribution in [-0.2, 0) is 11.2 Å². The summed E-state index contributed by atoms with van der Waals surface area (Å²) in [7, 11) is 0. The van der Waals surface area contributed by atoms with Gasteiger partial charge in [-0.15, -0.1) is 0 Å². The zero-order valence-electron chi connectivity index (χ0n) is 17.4. The Balaban J connectivity index is 1.37. The smallest absolute Gasteiger partial charge is 0.274 e. The van der Waals surface area contributed by atoms with E-state index in [0.29, 0.717) is 18.2 Å². The lowest BCUT2D eigenvalue weighted by Gasteiger charge is -2.23. The van der Waals surface area contributed by atoms with Gasteiger partial charge in [0, 0.05) is 24.8 Å². The first-order valence-corrected chi connectivity index (χ1v) is 10.7. The molecule has 1 saturated heterocycles. The van der Waals surface area contributed by atoms with Crippen molar-refractivity contribution in [3.05, 3.63) is 60.4 Å². The third-order valence-electron chi connectivity index (χ3n) is 5.40. The second-order valence-electron chi connectivity index (χ2n) is 8.08. The van der Waals surface area contributed by atoms with E-state index in [9.17, 15) is 4.79 Å². The summed E-state index contributed by atoms with van der Waals surface area (Å²) in [5.74, 6) is 1.98. The number of hydrogen-bond donors (Lipinski definition) is 2. The van der Waals surface area contributed by atoms with Crippen molar-refractivity contribution in [2.75, 3.05) is 29.9 Å². The van der Waals surface area contributed by atoms with Gasteiger partial charge in [0.05, 0.1) is 6.04 Å². The standard InChI is InChI=1S/C23H29N5O2/c1-3-10-28(13-18-4-5-18)22-12-21(24-15-25-22)23(29)27-19-8-6-17(7-9-19)11-20-14-30-16(2)26-20/h6-9,12,15,18,20,26H,2-5,10-11,13-14H2,1H3,(H,27,29). The number of benzene rings is 1. The van der Waals surface area contributed by atoms with E-state index >= 15 is 0 Å². The molecular formula is C23H29N5O2. The molecule has 2 fully saturated rings. The van der Waals surface area contributed by atoms with Crippen LogP contribution in [0.3, 0.4) is 0 Å². The van der Waals surface area contributed by atoms with E-state index in [-0.39, 0.29) is 11.9 Å². The number of aromatic nitrogens is 2. The van der Waals surface area contributed by atoms with E-state index in [1.807, 2.05) is 24.3 Å². The molecule has 1 atom stereocenters. The van der Waals surface area contributed by atoms with Crippen LogP contribution in [0.5, 0.6) is 0 Å². The minimum absolute atomic E-state index is 0.226. The lowest BCUT2D eigenvalue weighted by Crippen LogP contribution is -2.28. The maximum atomic E-state index is 12.7. The molecule has 1 amide bonds. The van der Waals surface area contributed by atoms with Crippen molar-refractivity contribution >= 4 is 17.4 Å². The summed E-state index contributed by atoms with van der Waals surface area (Å²) in [4.78, 5) is 23.6. The molecule has 30 heavy (non-hydrogen) atoms. The van der Waals surface area contributed by atoms with Gasteiger partial charge in [0.15, 0.2) is 5.88 Å². The normalized spacial score (nSPS) is 17.9. The van der Waals surface area contributed by atoms with Crippen LogP contribution >= 0.6 is 0 Å². The minimum atomic E-state index is -0.226. The molecule has 1 aliphatic heterocycles. The highest BCUT2D eigenvalue weighted by Crippen LogP contribution is 2.31. The summed E-state index contributed by atoms with van der Waals surface area (Å²) in [5.41, 5.74) is 2.29. The molecule has 0 spiro atoms. The summed E-state index contributed by atoms with van der Waals surface area (Å²) in [5, 5.41) is 6.14. The second-order valence-corrected chi connectivity index (χ2v) is 8.08. The highest BCUT2D eigenvalue weighted by atomic mass is 16.5. The predicted octanol–water partition coefficient (Wildman–Crippen LogP) is 3.36. The zero-order chi connectivity index (χ0) is 20.9. The maximum Gasteiger partial charge on any atom is 0.274 e. The molecule has 2 aliphatic rings. The van der Waals surface area contributed by atoms with Crippen molar-refractivity contribution in [3.63, 3.8) is 0 Å². The number of rotatable bonds is 9. The van der Waals surface area contributed by atoms with Crippen LogP contribution in [0.15, 0.2) is 49.1 Å². The molecule has 2 aromatic rings. The lowest BCUT2D eigenvalue weighted by molar-refractivity contribution is 0.102. The average molecular weight is 408 g/mol. The molecule has 2 N–H and O–H groups in total. The fourth-order valence-electron chi connectivity index (χ4n) is 3.65. The minimum Gasteiger partial charge on any atom is -0.477 e. The van der Waals surface area contributed by atoms with Gasteiger partial charge in [0.1, 0.15) is 24.4 Å². The Hall–Kier alpha value is -3.09. The fraction of sp³-hybridized carbons (Fsp3) is 0.435. The Kier molecular flexibility index (Phi) is 6.16. The Labute approximate surface area is 177 Å². The van der Waals surface area contributed by atoms with Crippen LogP contribution in [0.1, 0.15) is 42.2 Å². The van der Waals surface area contributed by atoms with Crippen molar-refractivity contribution in [2.24, 2.45) is 5.92 Å². The summed E-state index contributed by atoms with van der Waals surface area (Å²) in [6.45, 7) is 8.49. The summed E-state index contributed by atoms with van der Waals surface area (Å²) >= 11 is 0. The van der Waals surface area contributed by atoms with Gasteiger partial charge in [-0.1, -0.05) is 19.1 Å². The van der Waals surface area contributed by atoms with Gasteiger partial charge in [-0.25, -0.2) is 9.97 Å². The molecule has 7 heteroatoms. The number of carbonyl (C=O) groups excluding carboxylic acids is 1. The summed E-state index contributed by atoms with van der Waals surface area (Å²) < 4.78 is 5.35. The number of nitrogens with zero attached hydrogens (tertiary/aromatic N) is 3. The number of nitrogens with one attached hydrogen (secondary N) is 2. The number of ether oxygens (including phenoxy) is 1. The molecule has 158 valence electrons. The van der Waals surface area contributed by atoms with Crippen molar-refractivity contribution in [2.45, 2.75) is 38.6 Å². The third-order valence-corrected chi connectivity index (χ3v) is 5.40. The number of carbonyl (C=O) groups is 1. The fourth-order valence-corrected chi connectivity index (χ4v) is 3.65. The molecule has 2 heterocycles. The second kappa shape index (κ2) is 9.15. The Morgan fingerprint density at radius 2 is 2.10 bits per heavy atom. The van der Waals surface area contributed by atoms with E-state index in [4.69, 9.17) is 4.74 Å². The molecule has 4 rings (SSSR count). The van der Waals surface area contributed by atoms with Gasteiger partial charge in [0.25, 0.3) is 5.91 Å². The third kappa shape index (κ3) is 5.28. The number of anilines is 2. The first-order valence-electron chi connectivity index (χ1n) is 10.7. The number of hydrogen-bond acceptors (Lipinski definition) is 6. The van der Waals surface area contributed by atoms with E-state index in [1.165, 1.54) is 24.7 Å². The Morgan fingerprint density at radius 3 is 2.77 bits per heavy atom. The van der Waals surface area contributed by atoms with Crippen molar-refractivity contribution in [3.8, 4) is 0 Å². The predicted molar refractivity (Wildman–Crippen MR) is 117 cm³/mol. The van der Waals surface area contributed by atoms with Crippen LogP contribution in [0.25, 0.3) is 0 Å². The van der Waals surface area contributed by atoms with Gasteiger partial charge >= 0.3 is 0 Å². The first kappa shape index (κ1) is 20.2. The largest absolute Gasteiger partial charge is 0.477 e. The van der Waals surface area contributed by atoms with Crippen LogP contribution in [0.4, 0.5) is 11.5 Å².